The third-order valence-electron chi connectivity index (χ3n) is 5.39. The van der Waals surface area contributed by atoms with Crippen molar-refractivity contribution in [2.45, 2.75) is 13.3 Å². The fourth-order valence-corrected chi connectivity index (χ4v) is 3.82. The average molecular weight is 417 g/mol. The van der Waals surface area contributed by atoms with E-state index in [4.69, 9.17) is 11.5 Å². The first-order chi connectivity index (χ1) is 15.1. The van der Waals surface area contributed by atoms with E-state index in [0.717, 1.165) is 49.7 Å². The number of nitrogen functional groups attached to an aromatic ring is 2. The van der Waals surface area contributed by atoms with E-state index in [0.29, 0.717) is 5.82 Å². The van der Waals surface area contributed by atoms with Crippen molar-refractivity contribution in [2.75, 3.05) is 52.9 Å². The van der Waals surface area contributed by atoms with Crippen molar-refractivity contribution in [3.8, 4) is 0 Å². The molecule has 1 aromatic heterocycles. The molecule has 31 heavy (non-hydrogen) atoms. The van der Waals surface area contributed by atoms with Crippen LogP contribution in [0.1, 0.15) is 11.3 Å². The largest absolute Gasteiger partial charge is 0.382 e. The van der Waals surface area contributed by atoms with Crippen molar-refractivity contribution in [1.82, 2.24) is 9.97 Å². The number of rotatable bonds is 6. The van der Waals surface area contributed by atoms with E-state index in [-0.39, 0.29) is 5.95 Å². The SMILES string of the molecule is Cc1nc(N)nc(N)c1N1CCN(c2ccc(CC=NNc3ccccc3)cc2)CC1. The van der Waals surface area contributed by atoms with E-state index in [2.05, 4.69) is 54.6 Å². The number of anilines is 5. The van der Waals surface area contributed by atoms with Gasteiger partial charge in [-0.2, -0.15) is 10.1 Å². The summed E-state index contributed by atoms with van der Waals surface area (Å²) >= 11 is 0. The van der Waals surface area contributed by atoms with Gasteiger partial charge in [0.15, 0.2) is 5.82 Å². The number of benzene rings is 2. The molecule has 0 saturated carbocycles. The molecule has 3 aromatic rings. The molecular formula is C23H28N8. The number of aryl methyl sites for hydroxylation is 1. The van der Waals surface area contributed by atoms with Crippen LogP contribution in [0.25, 0.3) is 0 Å². The number of hydrogen-bond donors (Lipinski definition) is 3. The van der Waals surface area contributed by atoms with E-state index < -0.39 is 0 Å². The summed E-state index contributed by atoms with van der Waals surface area (Å²) in [7, 11) is 0. The molecule has 0 atom stereocenters. The highest BCUT2D eigenvalue weighted by atomic mass is 15.3. The summed E-state index contributed by atoms with van der Waals surface area (Å²) in [4.78, 5) is 13.0. The number of nitrogens with one attached hydrogen (secondary N) is 1. The summed E-state index contributed by atoms with van der Waals surface area (Å²) in [6, 6.07) is 18.6. The summed E-state index contributed by atoms with van der Waals surface area (Å²) in [6.07, 6.45) is 2.67. The maximum absolute atomic E-state index is 6.10. The zero-order valence-electron chi connectivity index (χ0n) is 17.7. The molecule has 0 spiro atoms. The van der Waals surface area contributed by atoms with Gasteiger partial charge >= 0.3 is 0 Å². The zero-order valence-corrected chi connectivity index (χ0v) is 17.7. The Morgan fingerprint density at radius 3 is 2.29 bits per heavy atom. The van der Waals surface area contributed by atoms with Crippen LogP contribution in [0.5, 0.6) is 0 Å². The molecule has 0 radical (unpaired) electrons. The third kappa shape index (κ3) is 5.03. The Balaban J connectivity index is 1.30. The van der Waals surface area contributed by atoms with Crippen LogP contribution in [0.3, 0.4) is 0 Å². The molecule has 0 unspecified atom stereocenters. The Morgan fingerprint density at radius 1 is 0.935 bits per heavy atom. The van der Waals surface area contributed by atoms with Gasteiger partial charge in [0, 0.05) is 44.5 Å². The smallest absolute Gasteiger partial charge is 0.222 e. The van der Waals surface area contributed by atoms with Crippen molar-refractivity contribution in [2.24, 2.45) is 5.10 Å². The van der Waals surface area contributed by atoms with Crippen molar-refractivity contribution in [3.63, 3.8) is 0 Å². The van der Waals surface area contributed by atoms with Crippen LogP contribution in [-0.4, -0.2) is 42.4 Å². The summed E-state index contributed by atoms with van der Waals surface area (Å²) in [5.41, 5.74) is 20.0. The van der Waals surface area contributed by atoms with Gasteiger partial charge in [0.05, 0.1) is 11.4 Å². The van der Waals surface area contributed by atoms with Gasteiger partial charge in [-0.1, -0.05) is 30.3 Å². The molecule has 1 aliphatic heterocycles. The predicted molar refractivity (Wildman–Crippen MR) is 129 cm³/mol. The highest BCUT2D eigenvalue weighted by Gasteiger charge is 2.22. The van der Waals surface area contributed by atoms with Gasteiger partial charge in [0.25, 0.3) is 0 Å². The number of para-hydroxylation sites is 1. The van der Waals surface area contributed by atoms with Gasteiger partial charge in [0.1, 0.15) is 5.69 Å². The van der Waals surface area contributed by atoms with Gasteiger partial charge in [0.2, 0.25) is 5.95 Å². The molecule has 1 saturated heterocycles. The molecule has 8 nitrogen and oxygen atoms in total. The minimum atomic E-state index is 0.221. The maximum atomic E-state index is 6.10. The fourth-order valence-electron chi connectivity index (χ4n) is 3.82. The summed E-state index contributed by atoms with van der Waals surface area (Å²) in [5.74, 6) is 0.671. The van der Waals surface area contributed by atoms with E-state index in [1.54, 1.807) is 0 Å². The van der Waals surface area contributed by atoms with Crippen molar-refractivity contribution < 1.29 is 0 Å². The van der Waals surface area contributed by atoms with E-state index >= 15 is 0 Å². The molecule has 1 aliphatic rings. The Kier molecular flexibility index (Phi) is 6.16. The van der Waals surface area contributed by atoms with Gasteiger partial charge in [-0.25, -0.2) is 4.98 Å². The average Bonchev–Trinajstić information content (AvgIpc) is 2.78. The number of nitrogens with zero attached hydrogens (tertiary/aromatic N) is 5. The van der Waals surface area contributed by atoms with Crippen LogP contribution < -0.4 is 26.7 Å². The van der Waals surface area contributed by atoms with Crippen LogP contribution in [0.4, 0.5) is 28.8 Å². The number of nitrogens with two attached hydrogens (primary N) is 2. The Labute approximate surface area is 182 Å². The Bertz CT molecular complexity index is 1000. The fraction of sp³-hybridized carbons (Fsp3) is 0.261. The molecule has 5 N–H and O–H groups in total. The number of piperazine rings is 1. The van der Waals surface area contributed by atoms with Gasteiger partial charge in [-0.3, -0.25) is 5.43 Å². The van der Waals surface area contributed by atoms with Crippen LogP contribution in [0.2, 0.25) is 0 Å². The first-order valence-corrected chi connectivity index (χ1v) is 10.4. The highest BCUT2D eigenvalue weighted by Crippen LogP contribution is 2.27. The second kappa shape index (κ2) is 9.34. The standard InChI is InChI=1S/C23H28N8/c1-17-21(22(24)28-23(25)27-17)31-15-13-30(14-16-31)20-9-7-18(8-10-20)11-12-26-29-19-5-3-2-4-6-19/h2-10,12,29H,11,13-16H2,1H3,(H4,24,25,27,28). The summed E-state index contributed by atoms with van der Waals surface area (Å²) < 4.78 is 0. The molecule has 1 fully saturated rings. The second-order valence-electron chi connectivity index (χ2n) is 7.54. The Morgan fingerprint density at radius 2 is 1.61 bits per heavy atom. The lowest BCUT2D eigenvalue weighted by Gasteiger charge is -2.38. The lowest BCUT2D eigenvalue weighted by atomic mass is 10.1. The molecule has 0 aliphatic carbocycles. The van der Waals surface area contributed by atoms with Crippen LogP contribution >= 0.6 is 0 Å². The summed E-state index contributed by atoms with van der Waals surface area (Å²) in [6.45, 7) is 5.46. The monoisotopic (exact) mass is 416 g/mol. The maximum Gasteiger partial charge on any atom is 0.222 e. The van der Waals surface area contributed by atoms with Gasteiger partial charge in [-0.15, -0.1) is 0 Å². The normalized spacial score (nSPS) is 14.2. The minimum absolute atomic E-state index is 0.221. The molecule has 4 rings (SSSR count). The van der Waals surface area contributed by atoms with Crippen LogP contribution in [0, 0.1) is 6.92 Å². The Hall–Kier alpha value is -3.81. The molecule has 2 heterocycles. The number of aromatic nitrogens is 2. The minimum Gasteiger partial charge on any atom is -0.382 e. The first-order valence-electron chi connectivity index (χ1n) is 10.4. The lowest BCUT2D eigenvalue weighted by molar-refractivity contribution is 0.651. The van der Waals surface area contributed by atoms with Gasteiger partial charge in [-0.05, 0) is 36.8 Å². The molecule has 0 bridgehead atoms. The number of hydrazone groups is 1. The third-order valence-corrected chi connectivity index (χ3v) is 5.39. The van der Waals surface area contributed by atoms with Crippen molar-refractivity contribution in [3.05, 3.63) is 65.9 Å². The first kappa shape index (κ1) is 20.5. The number of hydrogen-bond acceptors (Lipinski definition) is 8. The van der Waals surface area contributed by atoms with Gasteiger partial charge < -0.3 is 21.3 Å². The van der Waals surface area contributed by atoms with E-state index in [1.165, 1.54) is 11.3 Å². The molecule has 8 heteroatoms. The lowest BCUT2D eigenvalue weighted by Crippen LogP contribution is -2.47. The molecule has 160 valence electrons. The highest BCUT2D eigenvalue weighted by molar-refractivity contribution is 5.68. The zero-order chi connectivity index (χ0) is 21.6. The second-order valence-corrected chi connectivity index (χ2v) is 7.54. The topological polar surface area (TPSA) is 109 Å². The van der Waals surface area contributed by atoms with Crippen molar-refractivity contribution >= 4 is 35.0 Å². The molecule has 0 amide bonds. The van der Waals surface area contributed by atoms with Crippen LogP contribution in [-0.2, 0) is 6.42 Å². The van der Waals surface area contributed by atoms with E-state index in [1.807, 2.05) is 43.5 Å². The van der Waals surface area contributed by atoms with E-state index in [9.17, 15) is 0 Å². The van der Waals surface area contributed by atoms with Crippen molar-refractivity contribution in [1.29, 1.82) is 0 Å². The summed E-state index contributed by atoms with van der Waals surface area (Å²) in [5, 5.41) is 4.29. The molecular weight excluding hydrogens is 388 g/mol. The quantitative estimate of drug-likeness (QED) is 0.419. The van der Waals surface area contributed by atoms with Crippen LogP contribution in [0.15, 0.2) is 59.7 Å². The molecule has 2 aromatic carbocycles. The predicted octanol–water partition coefficient (Wildman–Crippen LogP) is 2.92.